The number of rotatable bonds is 5. The van der Waals surface area contributed by atoms with Crippen LogP contribution in [-0.4, -0.2) is 32.4 Å². The zero-order valence-corrected chi connectivity index (χ0v) is 13.2. The van der Waals surface area contributed by atoms with Crippen LogP contribution in [0.15, 0.2) is 49.1 Å². The van der Waals surface area contributed by atoms with E-state index in [1.165, 1.54) is 35.2 Å². The number of phenols is 4. The highest BCUT2D eigenvalue weighted by atomic mass is 16.3. The number of amides is 1. The van der Waals surface area contributed by atoms with Gasteiger partial charge in [0.25, 0.3) is 5.91 Å². The first-order valence-electron chi connectivity index (χ1n) is 7.32. The normalized spacial score (nSPS) is 11.7. The zero-order chi connectivity index (χ0) is 17.9. The lowest BCUT2D eigenvalue weighted by Gasteiger charge is -2.29. The molecule has 0 aliphatic carbocycles. The fraction of sp³-hybridized carbons (Fsp3) is 0.167. The largest absolute Gasteiger partial charge is 0.504 e. The minimum atomic E-state index is -0.365. The molecule has 4 N–H and O–H groups in total. The Kier molecular flexibility index (Phi) is 4.99. The van der Waals surface area contributed by atoms with Gasteiger partial charge in [0.2, 0.25) is 0 Å². The van der Waals surface area contributed by atoms with Gasteiger partial charge in [-0.05, 0) is 49.2 Å². The van der Waals surface area contributed by atoms with E-state index in [2.05, 4.69) is 6.58 Å². The number of hydrogen-bond acceptors (Lipinski definition) is 5. The lowest BCUT2D eigenvalue weighted by molar-refractivity contribution is -0.114. The number of phenolic OH excluding ortho intramolecular Hbond substituents is 4. The molecule has 0 unspecified atom stereocenters. The Hall–Kier alpha value is -3.15. The van der Waals surface area contributed by atoms with Crippen LogP contribution in [0.5, 0.6) is 23.0 Å². The fourth-order valence-electron chi connectivity index (χ4n) is 2.49. The molecule has 0 bridgehead atoms. The predicted octanol–water partition coefficient (Wildman–Crippen LogP) is 2.66. The maximum Gasteiger partial charge on any atom is 0.250 e. The van der Waals surface area contributed by atoms with Crippen molar-refractivity contribution in [3.8, 4) is 23.0 Å². The van der Waals surface area contributed by atoms with Crippen molar-refractivity contribution >= 4 is 11.6 Å². The molecular formula is C18H19NO5. The number of carbonyl (C=O) groups is 1. The second-order valence-electron chi connectivity index (χ2n) is 5.46. The van der Waals surface area contributed by atoms with Crippen molar-refractivity contribution in [3.05, 3.63) is 54.6 Å². The smallest absolute Gasteiger partial charge is 0.250 e. The molecule has 0 aliphatic heterocycles. The standard InChI is InChI=1S/C18H19NO5/c1-3-18(24)19(13-5-7-15(21)17(23)10-13)11(2)8-12-4-6-14(20)16(22)9-12/h3-7,9-11,20-23H,1,8H2,2H3/t11-/m1/s1. The maximum absolute atomic E-state index is 12.2. The third-order valence-electron chi connectivity index (χ3n) is 3.66. The number of aromatic hydroxyl groups is 4. The zero-order valence-electron chi connectivity index (χ0n) is 13.2. The Bertz CT molecular complexity index is 772. The van der Waals surface area contributed by atoms with Crippen LogP contribution < -0.4 is 4.90 Å². The highest BCUT2D eigenvalue weighted by Crippen LogP contribution is 2.31. The van der Waals surface area contributed by atoms with Gasteiger partial charge in [-0.2, -0.15) is 0 Å². The van der Waals surface area contributed by atoms with E-state index in [0.29, 0.717) is 12.1 Å². The summed E-state index contributed by atoms with van der Waals surface area (Å²) in [5.41, 5.74) is 1.13. The van der Waals surface area contributed by atoms with E-state index in [4.69, 9.17) is 0 Å². The van der Waals surface area contributed by atoms with E-state index in [-0.39, 0.29) is 34.9 Å². The van der Waals surface area contributed by atoms with Crippen molar-refractivity contribution in [1.29, 1.82) is 0 Å². The molecule has 0 heterocycles. The number of anilines is 1. The lowest BCUT2D eigenvalue weighted by Crippen LogP contribution is -2.39. The van der Waals surface area contributed by atoms with Crippen molar-refractivity contribution in [2.24, 2.45) is 0 Å². The van der Waals surface area contributed by atoms with Crippen LogP contribution in [0.25, 0.3) is 0 Å². The Morgan fingerprint density at radius 2 is 1.62 bits per heavy atom. The van der Waals surface area contributed by atoms with E-state index in [0.717, 1.165) is 11.6 Å². The van der Waals surface area contributed by atoms with Crippen molar-refractivity contribution in [1.82, 2.24) is 0 Å². The molecule has 0 aliphatic rings. The van der Waals surface area contributed by atoms with Gasteiger partial charge in [0.05, 0.1) is 0 Å². The minimum Gasteiger partial charge on any atom is -0.504 e. The van der Waals surface area contributed by atoms with E-state index in [1.54, 1.807) is 13.0 Å². The van der Waals surface area contributed by atoms with Crippen LogP contribution >= 0.6 is 0 Å². The van der Waals surface area contributed by atoms with Gasteiger partial charge in [-0.3, -0.25) is 4.79 Å². The monoisotopic (exact) mass is 329 g/mol. The summed E-state index contributed by atoms with van der Waals surface area (Å²) >= 11 is 0. The molecule has 2 aromatic rings. The Morgan fingerprint density at radius 3 is 2.17 bits per heavy atom. The second-order valence-corrected chi connectivity index (χ2v) is 5.46. The van der Waals surface area contributed by atoms with E-state index in [1.807, 2.05) is 0 Å². The van der Waals surface area contributed by atoms with Crippen molar-refractivity contribution < 1.29 is 25.2 Å². The van der Waals surface area contributed by atoms with Crippen LogP contribution in [0, 0.1) is 0 Å². The highest BCUT2D eigenvalue weighted by Gasteiger charge is 2.21. The van der Waals surface area contributed by atoms with Gasteiger partial charge in [0, 0.05) is 17.8 Å². The first kappa shape index (κ1) is 17.2. The molecule has 0 saturated carbocycles. The maximum atomic E-state index is 12.2. The topological polar surface area (TPSA) is 101 Å². The van der Waals surface area contributed by atoms with Crippen LogP contribution in [0.3, 0.4) is 0 Å². The fourth-order valence-corrected chi connectivity index (χ4v) is 2.49. The molecule has 0 aromatic heterocycles. The molecule has 1 amide bonds. The summed E-state index contributed by atoms with van der Waals surface area (Å²) in [5, 5.41) is 38.0. The minimum absolute atomic E-state index is 0.214. The van der Waals surface area contributed by atoms with Crippen molar-refractivity contribution in [3.63, 3.8) is 0 Å². The summed E-state index contributed by atoms with van der Waals surface area (Å²) in [6.07, 6.45) is 1.56. The average Bonchev–Trinajstić information content (AvgIpc) is 2.54. The van der Waals surface area contributed by atoms with Gasteiger partial charge in [-0.1, -0.05) is 12.6 Å². The SMILES string of the molecule is C=CC(=O)N(c1ccc(O)c(O)c1)[C@H](C)Cc1ccc(O)c(O)c1. The molecule has 0 spiro atoms. The highest BCUT2D eigenvalue weighted by molar-refractivity contribution is 6.01. The average molecular weight is 329 g/mol. The van der Waals surface area contributed by atoms with Crippen LogP contribution in [-0.2, 0) is 11.2 Å². The molecule has 126 valence electrons. The molecule has 0 saturated heterocycles. The first-order chi connectivity index (χ1) is 11.3. The molecule has 24 heavy (non-hydrogen) atoms. The van der Waals surface area contributed by atoms with Crippen molar-refractivity contribution in [2.45, 2.75) is 19.4 Å². The lowest BCUT2D eigenvalue weighted by atomic mass is 10.0. The molecular weight excluding hydrogens is 310 g/mol. The second kappa shape index (κ2) is 6.95. The van der Waals surface area contributed by atoms with Crippen LogP contribution in [0.1, 0.15) is 12.5 Å². The Morgan fingerprint density at radius 1 is 1.04 bits per heavy atom. The molecule has 0 fully saturated rings. The summed E-state index contributed by atoms with van der Waals surface area (Å²) < 4.78 is 0. The van der Waals surface area contributed by atoms with E-state index in [9.17, 15) is 25.2 Å². The Labute approximate surface area is 139 Å². The molecule has 2 aromatic carbocycles. The third kappa shape index (κ3) is 3.60. The van der Waals surface area contributed by atoms with Crippen LogP contribution in [0.2, 0.25) is 0 Å². The number of carbonyl (C=O) groups excluding carboxylic acids is 1. The molecule has 0 radical (unpaired) electrons. The van der Waals surface area contributed by atoms with Crippen molar-refractivity contribution in [2.75, 3.05) is 4.90 Å². The predicted molar refractivity (Wildman–Crippen MR) is 90.4 cm³/mol. The third-order valence-corrected chi connectivity index (χ3v) is 3.66. The van der Waals surface area contributed by atoms with Gasteiger partial charge in [0.1, 0.15) is 0 Å². The molecule has 6 heteroatoms. The van der Waals surface area contributed by atoms with Gasteiger partial charge >= 0.3 is 0 Å². The quantitative estimate of drug-likeness (QED) is 0.499. The molecule has 2 rings (SSSR count). The van der Waals surface area contributed by atoms with E-state index < -0.39 is 0 Å². The summed E-state index contributed by atoms with van der Waals surface area (Å²) in [7, 11) is 0. The summed E-state index contributed by atoms with van der Waals surface area (Å²) in [6.45, 7) is 5.29. The first-order valence-corrected chi connectivity index (χ1v) is 7.32. The Balaban J connectivity index is 2.32. The van der Waals surface area contributed by atoms with Gasteiger partial charge in [0.15, 0.2) is 23.0 Å². The molecule has 1 atom stereocenters. The van der Waals surface area contributed by atoms with Gasteiger partial charge in [-0.15, -0.1) is 0 Å². The summed E-state index contributed by atoms with van der Waals surface area (Å²) in [4.78, 5) is 13.7. The molecule has 6 nitrogen and oxygen atoms in total. The number of hydrogen-bond donors (Lipinski definition) is 4. The summed E-state index contributed by atoms with van der Waals surface area (Å²) in [5.74, 6) is -1.42. The van der Waals surface area contributed by atoms with Gasteiger partial charge in [-0.25, -0.2) is 0 Å². The van der Waals surface area contributed by atoms with E-state index >= 15 is 0 Å². The summed E-state index contributed by atoms with van der Waals surface area (Å²) in [6, 6.07) is 8.23. The van der Waals surface area contributed by atoms with Crippen LogP contribution in [0.4, 0.5) is 5.69 Å². The van der Waals surface area contributed by atoms with Gasteiger partial charge < -0.3 is 25.3 Å². The number of benzene rings is 2. The number of nitrogens with zero attached hydrogens (tertiary/aromatic N) is 1.